The van der Waals surface area contributed by atoms with Crippen LogP contribution in [0.3, 0.4) is 0 Å². The van der Waals surface area contributed by atoms with Crippen LogP contribution in [-0.2, 0) is 11.3 Å². The van der Waals surface area contributed by atoms with E-state index < -0.39 is 6.10 Å². The molecule has 0 unspecified atom stereocenters. The average molecular weight is 373 g/mol. The minimum absolute atomic E-state index is 0.0879. The lowest BCUT2D eigenvalue weighted by atomic mass is 10.1. The van der Waals surface area contributed by atoms with Gasteiger partial charge in [0.2, 0.25) is 0 Å². The van der Waals surface area contributed by atoms with Crippen molar-refractivity contribution in [2.45, 2.75) is 26.0 Å². The summed E-state index contributed by atoms with van der Waals surface area (Å²) < 4.78 is 21.7. The standard InChI is InChI=1S/C21H27NO5/c1-6-18(27-17-9-7-8-16(13-17)24-3)21(23)22(2)14-15-10-11-19(25-4)20(12-15)26-5/h7-13,18H,6,14H2,1-5H3/t18-/m1/s1. The minimum Gasteiger partial charge on any atom is -0.497 e. The van der Waals surface area contributed by atoms with Crippen molar-refractivity contribution >= 4 is 5.91 Å². The molecule has 0 aromatic heterocycles. The largest absolute Gasteiger partial charge is 0.497 e. The predicted octanol–water partition coefficient (Wildman–Crippen LogP) is 3.53. The normalized spacial score (nSPS) is 11.4. The lowest BCUT2D eigenvalue weighted by molar-refractivity contribution is -0.138. The van der Waals surface area contributed by atoms with Crippen molar-refractivity contribution in [1.82, 2.24) is 4.90 Å². The van der Waals surface area contributed by atoms with E-state index in [1.54, 1.807) is 39.3 Å². The number of benzene rings is 2. The van der Waals surface area contributed by atoms with Gasteiger partial charge in [-0.1, -0.05) is 19.1 Å². The summed E-state index contributed by atoms with van der Waals surface area (Å²) in [5.74, 6) is 2.50. The smallest absolute Gasteiger partial charge is 0.263 e. The first-order chi connectivity index (χ1) is 13.0. The van der Waals surface area contributed by atoms with Gasteiger partial charge in [0.05, 0.1) is 21.3 Å². The Labute approximate surface area is 160 Å². The van der Waals surface area contributed by atoms with E-state index in [-0.39, 0.29) is 5.91 Å². The number of likely N-dealkylation sites (N-methyl/N-ethyl adjacent to an activating group) is 1. The summed E-state index contributed by atoms with van der Waals surface area (Å²) in [5.41, 5.74) is 0.944. The van der Waals surface area contributed by atoms with Crippen molar-refractivity contribution in [3.05, 3.63) is 48.0 Å². The molecule has 0 fully saturated rings. The molecule has 0 aliphatic rings. The van der Waals surface area contributed by atoms with E-state index in [9.17, 15) is 4.79 Å². The van der Waals surface area contributed by atoms with E-state index in [2.05, 4.69) is 0 Å². The lowest BCUT2D eigenvalue weighted by Gasteiger charge is -2.24. The van der Waals surface area contributed by atoms with Crippen LogP contribution in [0.1, 0.15) is 18.9 Å². The molecule has 0 radical (unpaired) electrons. The maximum Gasteiger partial charge on any atom is 0.263 e. The van der Waals surface area contributed by atoms with Gasteiger partial charge in [0.15, 0.2) is 17.6 Å². The molecule has 0 N–H and O–H groups in total. The van der Waals surface area contributed by atoms with E-state index >= 15 is 0 Å². The highest BCUT2D eigenvalue weighted by atomic mass is 16.5. The van der Waals surface area contributed by atoms with E-state index in [4.69, 9.17) is 18.9 Å². The molecule has 2 aromatic rings. The SMILES string of the molecule is CC[C@@H](Oc1cccc(OC)c1)C(=O)N(C)Cc1ccc(OC)c(OC)c1. The molecule has 0 heterocycles. The molecule has 1 amide bonds. The Kier molecular flexibility index (Phi) is 7.34. The molecular formula is C21H27NO5. The second-order valence-electron chi connectivity index (χ2n) is 6.08. The van der Waals surface area contributed by atoms with Crippen LogP contribution in [0.4, 0.5) is 0 Å². The molecule has 27 heavy (non-hydrogen) atoms. The number of rotatable bonds is 9. The second kappa shape index (κ2) is 9.71. The highest BCUT2D eigenvalue weighted by Crippen LogP contribution is 2.28. The third-order valence-corrected chi connectivity index (χ3v) is 4.21. The van der Waals surface area contributed by atoms with Crippen LogP contribution in [-0.4, -0.2) is 45.3 Å². The van der Waals surface area contributed by atoms with Crippen molar-refractivity contribution in [3.63, 3.8) is 0 Å². The van der Waals surface area contributed by atoms with Gasteiger partial charge in [0.1, 0.15) is 11.5 Å². The Hall–Kier alpha value is -2.89. The Bertz CT molecular complexity index is 762. The van der Waals surface area contributed by atoms with Crippen molar-refractivity contribution < 1.29 is 23.7 Å². The van der Waals surface area contributed by atoms with Gasteiger partial charge in [-0.3, -0.25) is 4.79 Å². The second-order valence-corrected chi connectivity index (χ2v) is 6.08. The molecule has 2 aromatic carbocycles. The molecule has 0 saturated heterocycles. The number of carbonyl (C=O) groups is 1. The zero-order chi connectivity index (χ0) is 19.8. The van der Waals surface area contributed by atoms with Gasteiger partial charge in [-0.25, -0.2) is 0 Å². The minimum atomic E-state index is -0.567. The number of carbonyl (C=O) groups excluding carboxylic acids is 1. The van der Waals surface area contributed by atoms with Crippen LogP contribution >= 0.6 is 0 Å². The predicted molar refractivity (Wildman–Crippen MR) is 104 cm³/mol. The van der Waals surface area contributed by atoms with Crippen molar-refractivity contribution in [2.75, 3.05) is 28.4 Å². The lowest BCUT2D eigenvalue weighted by Crippen LogP contribution is -2.39. The molecule has 0 bridgehead atoms. The molecule has 0 spiro atoms. The van der Waals surface area contributed by atoms with Crippen LogP contribution in [0.15, 0.2) is 42.5 Å². The summed E-state index contributed by atoms with van der Waals surface area (Å²) in [5, 5.41) is 0. The molecule has 2 rings (SSSR count). The van der Waals surface area contributed by atoms with Gasteiger partial charge in [-0.05, 0) is 36.2 Å². The van der Waals surface area contributed by atoms with Gasteiger partial charge in [0.25, 0.3) is 5.91 Å². The number of amides is 1. The summed E-state index contributed by atoms with van der Waals surface area (Å²) in [6.07, 6.45) is -0.00554. The highest BCUT2D eigenvalue weighted by molar-refractivity contribution is 5.81. The molecule has 6 heteroatoms. The summed E-state index contributed by atoms with van der Waals surface area (Å²) >= 11 is 0. The number of hydrogen-bond acceptors (Lipinski definition) is 5. The molecule has 0 aliphatic carbocycles. The summed E-state index contributed by atoms with van der Waals surface area (Å²) in [6, 6.07) is 12.9. The van der Waals surface area contributed by atoms with Gasteiger partial charge in [-0.2, -0.15) is 0 Å². The Balaban J connectivity index is 2.07. The van der Waals surface area contributed by atoms with E-state index in [1.807, 2.05) is 43.3 Å². The summed E-state index contributed by atoms with van der Waals surface area (Å²) in [6.45, 7) is 2.37. The monoisotopic (exact) mass is 373 g/mol. The molecule has 1 atom stereocenters. The maximum absolute atomic E-state index is 12.8. The number of methoxy groups -OCH3 is 3. The quantitative estimate of drug-likeness (QED) is 0.673. The molecule has 0 saturated carbocycles. The van der Waals surface area contributed by atoms with Crippen LogP contribution in [0.5, 0.6) is 23.0 Å². The number of hydrogen-bond donors (Lipinski definition) is 0. The van der Waals surface area contributed by atoms with Gasteiger partial charge >= 0.3 is 0 Å². The Morgan fingerprint density at radius 1 is 0.963 bits per heavy atom. The average Bonchev–Trinajstić information content (AvgIpc) is 2.71. The Morgan fingerprint density at radius 3 is 2.30 bits per heavy atom. The van der Waals surface area contributed by atoms with Crippen molar-refractivity contribution in [1.29, 1.82) is 0 Å². The van der Waals surface area contributed by atoms with Crippen LogP contribution < -0.4 is 18.9 Å². The highest BCUT2D eigenvalue weighted by Gasteiger charge is 2.23. The summed E-state index contributed by atoms with van der Waals surface area (Å²) in [4.78, 5) is 14.5. The third-order valence-electron chi connectivity index (χ3n) is 4.21. The zero-order valence-electron chi connectivity index (χ0n) is 16.5. The first kappa shape index (κ1) is 20.4. The third kappa shape index (κ3) is 5.29. The van der Waals surface area contributed by atoms with Gasteiger partial charge in [-0.15, -0.1) is 0 Å². The van der Waals surface area contributed by atoms with Crippen LogP contribution in [0, 0.1) is 0 Å². The first-order valence-corrected chi connectivity index (χ1v) is 8.79. The maximum atomic E-state index is 12.8. The topological polar surface area (TPSA) is 57.2 Å². The molecule has 0 aliphatic heterocycles. The van der Waals surface area contributed by atoms with Crippen LogP contribution in [0.25, 0.3) is 0 Å². The first-order valence-electron chi connectivity index (χ1n) is 8.79. The number of ether oxygens (including phenoxy) is 4. The van der Waals surface area contributed by atoms with Crippen LogP contribution in [0.2, 0.25) is 0 Å². The zero-order valence-corrected chi connectivity index (χ0v) is 16.5. The van der Waals surface area contributed by atoms with E-state index in [0.29, 0.717) is 36.0 Å². The summed E-state index contributed by atoms with van der Waals surface area (Å²) in [7, 11) is 6.54. The van der Waals surface area contributed by atoms with Crippen molar-refractivity contribution in [3.8, 4) is 23.0 Å². The fourth-order valence-corrected chi connectivity index (χ4v) is 2.72. The van der Waals surface area contributed by atoms with Gasteiger partial charge < -0.3 is 23.8 Å². The fourth-order valence-electron chi connectivity index (χ4n) is 2.72. The molecule has 146 valence electrons. The fraction of sp³-hybridized carbons (Fsp3) is 0.381. The molecule has 6 nitrogen and oxygen atoms in total. The number of nitrogens with zero attached hydrogens (tertiary/aromatic N) is 1. The van der Waals surface area contributed by atoms with E-state index in [0.717, 1.165) is 5.56 Å². The van der Waals surface area contributed by atoms with Crippen molar-refractivity contribution in [2.24, 2.45) is 0 Å². The van der Waals surface area contributed by atoms with Gasteiger partial charge in [0, 0.05) is 19.7 Å². The Morgan fingerprint density at radius 2 is 1.67 bits per heavy atom. The van der Waals surface area contributed by atoms with E-state index in [1.165, 1.54) is 0 Å². The molecular weight excluding hydrogens is 346 g/mol.